The van der Waals surface area contributed by atoms with Gasteiger partial charge in [-0.05, 0) is 44.6 Å². The predicted molar refractivity (Wildman–Crippen MR) is 78.9 cm³/mol. The van der Waals surface area contributed by atoms with Crippen molar-refractivity contribution in [1.29, 1.82) is 0 Å². The molecule has 18 heavy (non-hydrogen) atoms. The van der Waals surface area contributed by atoms with Gasteiger partial charge in [-0.1, -0.05) is 33.1 Å². The van der Waals surface area contributed by atoms with Crippen LogP contribution in [-0.2, 0) is 0 Å². The normalized spacial score (nSPS) is 28.7. The Hall–Kier alpha value is -0.0800. The second-order valence-corrected chi connectivity index (χ2v) is 6.31. The molecule has 2 rings (SSSR count). The molecule has 1 aliphatic carbocycles. The fourth-order valence-electron chi connectivity index (χ4n) is 4.01. The number of nitrogens with one attached hydrogen (secondary N) is 1. The van der Waals surface area contributed by atoms with Crippen LogP contribution in [0.3, 0.4) is 0 Å². The molecule has 2 unspecified atom stereocenters. The van der Waals surface area contributed by atoms with Crippen LogP contribution in [0.25, 0.3) is 0 Å². The Kier molecular flexibility index (Phi) is 5.97. The van der Waals surface area contributed by atoms with E-state index in [0.717, 1.165) is 18.0 Å². The zero-order valence-electron chi connectivity index (χ0n) is 12.5. The summed E-state index contributed by atoms with van der Waals surface area (Å²) in [6.07, 6.45) is 11.4. The van der Waals surface area contributed by atoms with Crippen LogP contribution >= 0.6 is 0 Å². The fourth-order valence-corrected chi connectivity index (χ4v) is 4.01. The van der Waals surface area contributed by atoms with Crippen molar-refractivity contribution in [2.75, 3.05) is 19.6 Å². The van der Waals surface area contributed by atoms with Crippen molar-refractivity contribution in [3.05, 3.63) is 0 Å². The van der Waals surface area contributed by atoms with Crippen molar-refractivity contribution in [2.24, 2.45) is 5.92 Å². The highest BCUT2D eigenvalue weighted by molar-refractivity contribution is 4.88. The molecule has 1 aliphatic heterocycles. The highest BCUT2D eigenvalue weighted by Gasteiger charge is 2.32. The highest BCUT2D eigenvalue weighted by Crippen LogP contribution is 2.32. The second kappa shape index (κ2) is 7.49. The van der Waals surface area contributed by atoms with E-state index in [1.165, 1.54) is 71.0 Å². The molecule has 0 aromatic rings. The minimum atomic E-state index is 0.766. The first kappa shape index (κ1) is 14.3. The lowest BCUT2D eigenvalue weighted by Crippen LogP contribution is -2.42. The van der Waals surface area contributed by atoms with E-state index in [1.54, 1.807) is 0 Å². The molecule has 0 aromatic carbocycles. The Bertz CT molecular complexity index is 223. The van der Waals surface area contributed by atoms with Gasteiger partial charge in [0, 0.05) is 25.2 Å². The zero-order valence-corrected chi connectivity index (χ0v) is 12.5. The zero-order chi connectivity index (χ0) is 12.8. The lowest BCUT2D eigenvalue weighted by molar-refractivity contribution is 0.135. The van der Waals surface area contributed by atoms with Crippen LogP contribution in [0.1, 0.15) is 65.2 Å². The fraction of sp³-hybridized carbons (Fsp3) is 1.00. The maximum Gasteiger partial charge on any atom is 0.0207 e. The highest BCUT2D eigenvalue weighted by atomic mass is 15.2. The van der Waals surface area contributed by atoms with Gasteiger partial charge in [-0.25, -0.2) is 0 Å². The molecule has 1 saturated heterocycles. The summed E-state index contributed by atoms with van der Waals surface area (Å²) in [5.41, 5.74) is 0. The third kappa shape index (κ3) is 3.71. The molecule has 1 heterocycles. The van der Waals surface area contributed by atoms with Crippen LogP contribution in [-0.4, -0.2) is 36.6 Å². The molecule has 0 spiro atoms. The van der Waals surface area contributed by atoms with E-state index in [-0.39, 0.29) is 0 Å². The SMILES string of the molecule is CCCNC1CCN(C(CC)C2CCCCC2)C1. The first-order valence-electron chi connectivity index (χ1n) is 8.32. The number of hydrogen-bond acceptors (Lipinski definition) is 2. The molecule has 0 aromatic heterocycles. The molecule has 2 heteroatoms. The molecule has 0 amide bonds. The Morgan fingerprint density at radius 2 is 1.89 bits per heavy atom. The molecular formula is C16H32N2. The molecule has 1 saturated carbocycles. The van der Waals surface area contributed by atoms with Crippen LogP contribution in [0.4, 0.5) is 0 Å². The molecule has 2 nitrogen and oxygen atoms in total. The second-order valence-electron chi connectivity index (χ2n) is 6.31. The van der Waals surface area contributed by atoms with Crippen molar-refractivity contribution in [2.45, 2.75) is 77.3 Å². The molecule has 106 valence electrons. The summed E-state index contributed by atoms with van der Waals surface area (Å²) in [4.78, 5) is 2.79. The Labute approximate surface area is 114 Å². The molecule has 2 aliphatic rings. The van der Waals surface area contributed by atoms with Crippen LogP contribution in [0, 0.1) is 5.92 Å². The topological polar surface area (TPSA) is 15.3 Å². The summed E-state index contributed by atoms with van der Waals surface area (Å²) in [6.45, 7) is 8.48. The first-order valence-corrected chi connectivity index (χ1v) is 8.32. The average molecular weight is 252 g/mol. The minimum Gasteiger partial charge on any atom is -0.313 e. The summed E-state index contributed by atoms with van der Waals surface area (Å²) < 4.78 is 0. The van der Waals surface area contributed by atoms with Gasteiger partial charge in [-0.15, -0.1) is 0 Å². The van der Waals surface area contributed by atoms with Gasteiger partial charge in [0.1, 0.15) is 0 Å². The maximum absolute atomic E-state index is 3.70. The Balaban J connectivity index is 1.81. The van der Waals surface area contributed by atoms with Gasteiger partial charge in [0.15, 0.2) is 0 Å². The number of likely N-dealkylation sites (tertiary alicyclic amines) is 1. The van der Waals surface area contributed by atoms with Crippen LogP contribution in [0.5, 0.6) is 0 Å². The molecule has 0 bridgehead atoms. The van der Waals surface area contributed by atoms with E-state index in [0.29, 0.717) is 0 Å². The molecule has 2 atom stereocenters. The standard InChI is InChI=1S/C16H32N2/c1-3-11-17-15-10-12-18(13-15)16(4-2)14-8-6-5-7-9-14/h14-17H,3-13H2,1-2H3. The monoisotopic (exact) mass is 252 g/mol. The number of nitrogens with zero attached hydrogens (tertiary/aromatic N) is 1. The lowest BCUT2D eigenvalue weighted by Gasteiger charge is -2.36. The van der Waals surface area contributed by atoms with Crippen molar-refractivity contribution < 1.29 is 0 Å². The summed E-state index contributed by atoms with van der Waals surface area (Å²) in [7, 11) is 0. The van der Waals surface area contributed by atoms with E-state index in [9.17, 15) is 0 Å². The van der Waals surface area contributed by atoms with E-state index in [1.807, 2.05) is 0 Å². The van der Waals surface area contributed by atoms with Gasteiger partial charge >= 0.3 is 0 Å². The first-order chi connectivity index (χ1) is 8.85. The molecule has 1 N–H and O–H groups in total. The van der Waals surface area contributed by atoms with Gasteiger partial charge < -0.3 is 5.32 Å². The number of rotatable bonds is 6. The van der Waals surface area contributed by atoms with Crippen LogP contribution < -0.4 is 5.32 Å². The van der Waals surface area contributed by atoms with Gasteiger partial charge in [-0.2, -0.15) is 0 Å². The van der Waals surface area contributed by atoms with E-state index in [4.69, 9.17) is 0 Å². The maximum atomic E-state index is 3.70. The minimum absolute atomic E-state index is 0.766. The van der Waals surface area contributed by atoms with Gasteiger partial charge in [0.25, 0.3) is 0 Å². The van der Waals surface area contributed by atoms with Gasteiger partial charge in [-0.3, -0.25) is 4.90 Å². The van der Waals surface area contributed by atoms with E-state index < -0.39 is 0 Å². The smallest absolute Gasteiger partial charge is 0.0207 e. The van der Waals surface area contributed by atoms with Gasteiger partial charge in [0.2, 0.25) is 0 Å². The summed E-state index contributed by atoms with van der Waals surface area (Å²) >= 11 is 0. The van der Waals surface area contributed by atoms with Crippen LogP contribution in [0.15, 0.2) is 0 Å². The van der Waals surface area contributed by atoms with Crippen molar-refractivity contribution >= 4 is 0 Å². The molecular weight excluding hydrogens is 220 g/mol. The molecule has 0 radical (unpaired) electrons. The van der Waals surface area contributed by atoms with E-state index in [2.05, 4.69) is 24.1 Å². The summed E-state index contributed by atoms with van der Waals surface area (Å²) in [5.74, 6) is 0.994. The quantitative estimate of drug-likeness (QED) is 0.779. The third-order valence-corrected chi connectivity index (χ3v) is 4.98. The Morgan fingerprint density at radius 3 is 2.56 bits per heavy atom. The van der Waals surface area contributed by atoms with Crippen molar-refractivity contribution in [3.63, 3.8) is 0 Å². The average Bonchev–Trinajstić information content (AvgIpc) is 2.87. The largest absolute Gasteiger partial charge is 0.313 e. The predicted octanol–water partition coefficient (Wildman–Crippen LogP) is 3.42. The van der Waals surface area contributed by atoms with E-state index >= 15 is 0 Å². The third-order valence-electron chi connectivity index (χ3n) is 4.98. The van der Waals surface area contributed by atoms with Crippen LogP contribution in [0.2, 0.25) is 0 Å². The van der Waals surface area contributed by atoms with Gasteiger partial charge in [0.05, 0.1) is 0 Å². The number of hydrogen-bond donors (Lipinski definition) is 1. The summed E-state index contributed by atoms with van der Waals surface area (Å²) in [6, 6.07) is 1.64. The summed E-state index contributed by atoms with van der Waals surface area (Å²) in [5, 5.41) is 3.70. The molecule has 2 fully saturated rings. The van der Waals surface area contributed by atoms with Crippen molar-refractivity contribution in [1.82, 2.24) is 10.2 Å². The Morgan fingerprint density at radius 1 is 1.11 bits per heavy atom. The van der Waals surface area contributed by atoms with Crippen molar-refractivity contribution in [3.8, 4) is 0 Å². The lowest BCUT2D eigenvalue weighted by atomic mass is 9.82.